The Bertz CT molecular complexity index is 1300. The first kappa shape index (κ1) is 24.5. The summed E-state index contributed by atoms with van der Waals surface area (Å²) >= 11 is 0. The lowest BCUT2D eigenvalue weighted by Crippen LogP contribution is -2.46. The minimum atomic E-state index is -1.31. The van der Waals surface area contributed by atoms with Crippen molar-refractivity contribution in [1.29, 1.82) is 0 Å². The van der Waals surface area contributed by atoms with E-state index in [9.17, 15) is 14.4 Å². The number of benzene rings is 2. The van der Waals surface area contributed by atoms with Crippen molar-refractivity contribution in [3.8, 4) is 0 Å². The lowest BCUT2D eigenvalue weighted by molar-refractivity contribution is -0.146. The molecule has 1 unspecified atom stereocenters. The molecule has 7 heteroatoms. The Morgan fingerprint density at radius 1 is 0.971 bits per heavy atom. The van der Waals surface area contributed by atoms with Gasteiger partial charge in [-0.05, 0) is 31.1 Å². The number of carbonyl (C=O) groups is 3. The van der Waals surface area contributed by atoms with Crippen LogP contribution in [0.5, 0.6) is 0 Å². The third kappa shape index (κ3) is 4.31. The molecule has 7 nitrogen and oxygen atoms in total. The highest BCUT2D eigenvalue weighted by Crippen LogP contribution is 2.46. The van der Waals surface area contributed by atoms with Crippen molar-refractivity contribution in [1.82, 2.24) is 5.32 Å². The van der Waals surface area contributed by atoms with E-state index in [2.05, 4.69) is 26.1 Å². The van der Waals surface area contributed by atoms with E-state index in [1.54, 1.807) is 12.1 Å². The van der Waals surface area contributed by atoms with Gasteiger partial charge in [-0.25, -0.2) is 4.79 Å². The molecule has 0 fully saturated rings. The van der Waals surface area contributed by atoms with Gasteiger partial charge in [-0.3, -0.25) is 9.59 Å². The van der Waals surface area contributed by atoms with Gasteiger partial charge in [0.25, 0.3) is 0 Å². The number of methoxy groups -OCH3 is 2. The second kappa shape index (κ2) is 8.56. The van der Waals surface area contributed by atoms with Gasteiger partial charge in [-0.2, -0.15) is 0 Å². The number of nitrogens with one attached hydrogen (secondary N) is 1. The zero-order valence-corrected chi connectivity index (χ0v) is 21.2. The van der Waals surface area contributed by atoms with Crippen molar-refractivity contribution in [3.63, 3.8) is 0 Å². The second-order valence-corrected chi connectivity index (χ2v) is 10.8. The standard InChI is InChI=1S/C28H31NO6/c1-27(2,3)14-28(4,5)29-24-21(26(32)34-7)19(25(31)33-6)20-22(30)16-12-8-10-15-11-9-13-17(18(15)16)23(20)35-24/h8-13,19,29H,14H2,1-7H3. The van der Waals surface area contributed by atoms with Gasteiger partial charge < -0.3 is 19.5 Å². The van der Waals surface area contributed by atoms with Gasteiger partial charge in [-0.15, -0.1) is 0 Å². The first-order valence-electron chi connectivity index (χ1n) is 11.6. The number of fused-ring (bicyclic) bond motifs is 1. The van der Waals surface area contributed by atoms with Crippen LogP contribution in [-0.4, -0.2) is 37.5 Å². The highest BCUT2D eigenvalue weighted by molar-refractivity contribution is 6.27. The Morgan fingerprint density at radius 2 is 1.60 bits per heavy atom. The molecule has 1 atom stereocenters. The maximum absolute atomic E-state index is 13.8. The van der Waals surface area contributed by atoms with Crippen molar-refractivity contribution < 1.29 is 28.6 Å². The highest BCUT2D eigenvalue weighted by Gasteiger charge is 2.48. The Kier molecular flexibility index (Phi) is 5.99. The van der Waals surface area contributed by atoms with Gasteiger partial charge in [0.15, 0.2) is 5.78 Å². The lowest BCUT2D eigenvalue weighted by atomic mass is 9.77. The van der Waals surface area contributed by atoms with Gasteiger partial charge in [0.1, 0.15) is 17.3 Å². The van der Waals surface area contributed by atoms with Crippen LogP contribution in [0.25, 0.3) is 16.5 Å². The number of rotatable bonds is 5. The summed E-state index contributed by atoms with van der Waals surface area (Å²) in [6.07, 6.45) is 0.730. The first-order valence-corrected chi connectivity index (χ1v) is 11.6. The number of esters is 2. The molecular weight excluding hydrogens is 446 g/mol. The van der Waals surface area contributed by atoms with E-state index in [1.807, 2.05) is 38.1 Å². The van der Waals surface area contributed by atoms with Gasteiger partial charge in [0.05, 0.1) is 19.8 Å². The number of ketones is 1. The van der Waals surface area contributed by atoms with Crippen LogP contribution in [0.2, 0.25) is 0 Å². The smallest absolute Gasteiger partial charge is 0.340 e. The van der Waals surface area contributed by atoms with Crippen LogP contribution in [0.4, 0.5) is 0 Å². The summed E-state index contributed by atoms with van der Waals surface area (Å²) < 4.78 is 16.5. The number of Topliss-reactive ketones (excluding diaryl/α,β-unsaturated/α-hetero) is 1. The highest BCUT2D eigenvalue weighted by atomic mass is 16.5. The molecule has 1 N–H and O–H groups in total. The average molecular weight is 478 g/mol. The van der Waals surface area contributed by atoms with Crippen LogP contribution in [0, 0.1) is 11.3 Å². The molecule has 0 amide bonds. The molecule has 2 aromatic rings. The molecule has 1 heterocycles. The van der Waals surface area contributed by atoms with Gasteiger partial charge in [0, 0.05) is 22.1 Å². The predicted molar refractivity (Wildman–Crippen MR) is 132 cm³/mol. The Labute approximate surface area is 205 Å². The topological polar surface area (TPSA) is 90.9 Å². The van der Waals surface area contributed by atoms with E-state index in [0.717, 1.165) is 17.2 Å². The SMILES string of the molecule is COC(=O)C1=C(NC(C)(C)CC(C)(C)C)OC2=C(C(=O)c3cccc4cccc2c34)C1C(=O)OC. The summed E-state index contributed by atoms with van der Waals surface area (Å²) in [7, 11) is 2.45. The molecule has 1 aliphatic carbocycles. The molecule has 184 valence electrons. The summed E-state index contributed by atoms with van der Waals surface area (Å²) in [4.78, 5) is 40.0. The molecule has 0 saturated carbocycles. The van der Waals surface area contributed by atoms with Crippen LogP contribution in [-0.2, 0) is 23.8 Å². The summed E-state index contributed by atoms with van der Waals surface area (Å²) in [5.41, 5.74) is 0.562. The molecular formula is C28H31NO6. The largest absolute Gasteiger partial charge is 0.468 e. The molecule has 2 aromatic carbocycles. The van der Waals surface area contributed by atoms with Crippen LogP contribution in [0.1, 0.15) is 57.0 Å². The molecule has 0 saturated heterocycles. The Morgan fingerprint density at radius 3 is 2.17 bits per heavy atom. The fraction of sp³-hybridized carbons (Fsp3) is 0.393. The molecule has 35 heavy (non-hydrogen) atoms. The summed E-state index contributed by atoms with van der Waals surface area (Å²) in [6, 6.07) is 11.1. The van der Waals surface area contributed by atoms with E-state index in [0.29, 0.717) is 11.1 Å². The van der Waals surface area contributed by atoms with Crippen LogP contribution >= 0.6 is 0 Å². The number of hydrogen-bond acceptors (Lipinski definition) is 7. The van der Waals surface area contributed by atoms with Crippen LogP contribution in [0.15, 0.2) is 53.4 Å². The zero-order valence-electron chi connectivity index (χ0n) is 21.2. The number of ether oxygens (including phenoxy) is 3. The lowest BCUT2D eigenvalue weighted by Gasteiger charge is -2.38. The third-order valence-electron chi connectivity index (χ3n) is 6.18. The zero-order chi connectivity index (χ0) is 25.7. The average Bonchev–Trinajstić information content (AvgIpc) is 2.78. The summed E-state index contributed by atoms with van der Waals surface area (Å²) in [5, 5.41) is 4.96. The first-order chi connectivity index (χ1) is 16.4. The van der Waals surface area contributed by atoms with Crippen LogP contribution < -0.4 is 5.32 Å². The van der Waals surface area contributed by atoms with E-state index in [-0.39, 0.29) is 34.0 Å². The van der Waals surface area contributed by atoms with Gasteiger partial charge >= 0.3 is 11.9 Å². The number of hydrogen-bond donors (Lipinski definition) is 1. The van der Waals surface area contributed by atoms with Crippen LogP contribution in [0.3, 0.4) is 0 Å². The summed E-state index contributed by atoms with van der Waals surface area (Å²) in [5.74, 6) is -2.87. The normalized spacial score (nSPS) is 17.7. The molecule has 2 aliphatic rings. The van der Waals surface area contributed by atoms with Crippen molar-refractivity contribution in [2.45, 2.75) is 46.6 Å². The monoisotopic (exact) mass is 477 g/mol. The van der Waals surface area contributed by atoms with Gasteiger partial charge in [0.2, 0.25) is 5.88 Å². The molecule has 1 aliphatic heterocycles. The second-order valence-electron chi connectivity index (χ2n) is 10.8. The minimum absolute atomic E-state index is 0.0331. The van der Waals surface area contributed by atoms with Crippen molar-refractivity contribution in [3.05, 3.63) is 64.6 Å². The van der Waals surface area contributed by atoms with E-state index in [4.69, 9.17) is 14.2 Å². The van der Waals surface area contributed by atoms with Crippen molar-refractivity contribution in [2.75, 3.05) is 14.2 Å². The van der Waals surface area contributed by atoms with E-state index >= 15 is 0 Å². The Hall–Kier alpha value is -3.61. The van der Waals surface area contributed by atoms with E-state index < -0.39 is 23.4 Å². The van der Waals surface area contributed by atoms with Crippen molar-refractivity contribution in [2.24, 2.45) is 11.3 Å². The summed E-state index contributed by atoms with van der Waals surface area (Å²) in [6.45, 7) is 10.3. The quantitative estimate of drug-likeness (QED) is 0.621. The van der Waals surface area contributed by atoms with Crippen molar-refractivity contribution >= 4 is 34.3 Å². The van der Waals surface area contributed by atoms with E-state index in [1.165, 1.54) is 14.2 Å². The third-order valence-corrected chi connectivity index (χ3v) is 6.18. The predicted octanol–water partition coefficient (Wildman–Crippen LogP) is 4.76. The maximum atomic E-state index is 13.8. The fourth-order valence-corrected chi connectivity index (χ4v) is 5.36. The number of carbonyl (C=O) groups excluding carboxylic acids is 3. The minimum Gasteiger partial charge on any atom is -0.468 e. The fourth-order valence-electron chi connectivity index (χ4n) is 5.36. The molecule has 0 aromatic heterocycles. The Balaban J connectivity index is 1.96. The molecule has 0 bridgehead atoms. The van der Waals surface area contributed by atoms with Gasteiger partial charge in [-0.1, -0.05) is 57.2 Å². The maximum Gasteiger partial charge on any atom is 0.340 e. The molecule has 4 rings (SSSR count). The molecule has 0 radical (unpaired) electrons. The molecule has 0 spiro atoms.